The van der Waals surface area contributed by atoms with Gasteiger partial charge in [-0.3, -0.25) is 4.79 Å². The predicted molar refractivity (Wildman–Crippen MR) is 124 cm³/mol. The van der Waals surface area contributed by atoms with Gasteiger partial charge in [0.25, 0.3) is 0 Å². The van der Waals surface area contributed by atoms with Crippen LogP contribution in [0, 0.1) is 23.6 Å². The van der Waals surface area contributed by atoms with Crippen LogP contribution in [0.15, 0.2) is 24.5 Å². The minimum Gasteiger partial charge on any atom is -0.355 e. The summed E-state index contributed by atoms with van der Waals surface area (Å²) in [6.07, 6.45) is 6.72. The zero-order valence-electron chi connectivity index (χ0n) is 18.1. The number of nitrogens with one attached hydrogen (secondary N) is 1. The minimum absolute atomic E-state index is 0.0536. The van der Waals surface area contributed by atoms with Crippen molar-refractivity contribution in [2.45, 2.75) is 52.0 Å². The third-order valence-corrected chi connectivity index (χ3v) is 8.55. The van der Waals surface area contributed by atoms with Crippen molar-refractivity contribution in [2.24, 2.45) is 17.8 Å². The molecule has 1 amide bonds. The summed E-state index contributed by atoms with van der Waals surface area (Å²) in [4.78, 5) is 24.1. The second kappa shape index (κ2) is 8.34. The van der Waals surface area contributed by atoms with Gasteiger partial charge in [-0.05, 0) is 43.2 Å². The fraction of sp³-hybridized carbons (Fsp3) is 0.542. The topological polar surface area (TPSA) is 58.1 Å². The molecule has 5 nitrogen and oxygen atoms in total. The summed E-state index contributed by atoms with van der Waals surface area (Å²) >= 11 is 1.54. The van der Waals surface area contributed by atoms with Crippen molar-refractivity contribution in [3.8, 4) is 0 Å². The van der Waals surface area contributed by atoms with E-state index in [1.54, 1.807) is 17.4 Å². The van der Waals surface area contributed by atoms with E-state index in [1.165, 1.54) is 25.2 Å². The SMILES string of the molecule is C[C@@H]1[C@H](C)CCC[C@@H]1NC(=O)C1CCN(c2ncnc3c2sc2cccc(F)c23)CC1. The second-order valence-electron chi connectivity index (χ2n) is 9.23. The smallest absolute Gasteiger partial charge is 0.223 e. The molecule has 3 aromatic rings. The third kappa shape index (κ3) is 3.77. The van der Waals surface area contributed by atoms with Crippen LogP contribution in [-0.4, -0.2) is 35.0 Å². The number of anilines is 1. The normalized spacial score (nSPS) is 25.3. The first-order valence-corrected chi connectivity index (χ1v) is 12.2. The number of thiophene rings is 1. The van der Waals surface area contributed by atoms with Crippen LogP contribution < -0.4 is 10.2 Å². The molecule has 3 atom stereocenters. The molecular formula is C24H29FN4OS. The molecule has 2 aromatic heterocycles. The van der Waals surface area contributed by atoms with Crippen molar-refractivity contribution in [3.05, 3.63) is 30.3 Å². The number of hydrogen-bond acceptors (Lipinski definition) is 5. The Morgan fingerprint density at radius 2 is 1.97 bits per heavy atom. The number of carbonyl (C=O) groups excluding carboxylic acids is 1. The van der Waals surface area contributed by atoms with E-state index in [2.05, 4.69) is 34.0 Å². The van der Waals surface area contributed by atoms with Gasteiger partial charge in [-0.15, -0.1) is 11.3 Å². The van der Waals surface area contributed by atoms with Crippen molar-refractivity contribution in [3.63, 3.8) is 0 Å². The van der Waals surface area contributed by atoms with E-state index in [9.17, 15) is 9.18 Å². The molecule has 0 radical (unpaired) electrons. The number of rotatable bonds is 3. The monoisotopic (exact) mass is 440 g/mol. The van der Waals surface area contributed by atoms with E-state index in [0.717, 1.165) is 47.6 Å². The standard InChI is InChI=1S/C24H29FN4OS/c1-14-5-3-7-18(15(14)2)28-24(30)16-9-11-29(12-10-16)23-22-21(26-13-27-23)20-17(25)6-4-8-19(20)31-22/h4,6,8,13-16,18H,3,5,7,9-12H2,1-2H3,(H,28,30)/t14-,15-,18+/m1/s1. The number of hydrogen-bond donors (Lipinski definition) is 1. The van der Waals surface area contributed by atoms with Crippen molar-refractivity contribution in [1.82, 2.24) is 15.3 Å². The summed E-state index contributed by atoms with van der Waals surface area (Å²) < 4.78 is 16.2. The number of amides is 1. The van der Waals surface area contributed by atoms with Crippen LogP contribution in [0.25, 0.3) is 20.3 Å². The number of fused-ring (bicyclic) bond motifs is 3. The predicted octanol–water partition coefficient (Wildman–Crippen LogP) is 5.14. The average molecular weight is 441 g/mol. The van der Waals surface area contributed by atoms with E-state index in [4.69, 9.17) is 0 Å². The Balaban J connectivity index is 1.30. The largest absolute Gasteiger partial charge is 0.355 e. The lowest BCUT2D eigenvalue weighted by Crippen LogP contribution is -2.48. The van der Waals surface area contributed by atoms with Crippen molar-refractivity contribution < 1.29 is 9.18 Å². The lowest BCUT2D eigenvalue weighted by Gasteiger charge is -2.37. The summed E-state index contributed by atoms with van der Waals surface area (Å²) in [6.45, 7) is 6.12. The van der Waals surface area contributed by atoms with Gasteiger partial charge in [-0.2, -0.15) is 0 Å². The van der Waals surface area contributed by atoms with Gasteiger partial charge in [-0.25, -0.2) is 14.4 Å². The minimum atomic E-state index is -0.241. The van der Waals surface area contributed by atoms with E-state index < -0.39 is 0 Å². The first-order chi connectivity index (χ1) is 15.0. The van der Waals surface area contributed by atoms with Crippen LogP contribution in [0.1, 0.15) is 46.0 Å². The first kappa shape index (κ1) is 20.6. The molecule has 5 rings (SSSR count). The number of nitrogens with zero attached hydrogens (tertiary/aromatic N) is 3. The number of halogens is 1. The number of benzene rings is 1. The maximum atomic E-state index is 14.4. The average Bonchev–Trinajstić information content (AvgIpc) is 3.17. The molecule has 0 unspecified atom stereocenters. The fourth-order valence-electron chi connectivity index (χ4n) is 5.23. The maximum Gasteiger partial charge on any atom is 0.223 e. The lowest BCUT2D eigenvalue weighted by atomic mass is 9.78. The molecule has 7 heteroatoms. The molecule has 2 aliphatic rings. The van der Waals surface area contributed by atoms with Crippen molar-refractivity contribution >= 4 is 43.4 Å². The van der Waals surface area contributed by atoms with Gasteiger partial charge >= 0.3 is 0 Å². The van der Waals surface area contributed by atoms with E-state index in [1.807, 2.05) is 6.07 Å². The van der Waals surface area contributed by atoms with Gasteiger partial charge < -0.3 is 10.2 Å². The van der Waals surface area contributed by atoms with Gasteiger partial charge in [0.05, 0.1) is 15.6 Å². The molecule has 1 saturated carbocycles. The Bertz CT molecular complexity index is 1110. The summed E-state index contributed by atoms with van der Waals surface area (Å²) in [6, 6.07) is 5.45. The molecule has 2 fully saturated rings. The van der Waals surface area contributed by atoms with Crippen molar-refractivity contribution in [1.29, 1.82) is 0 Å². The van der Waals surface area contributed by atoms with Crippen LogP contribution in [0.3, 0.4) is 0 Å². The van der Waals surface area contributed by atoms with Crippen LogP contribution in [0.2, 0.25) is 0 Å². The zero-order valence-corrected chi connectivity index (χ0v) is 18.9. The van der Waals surface area contributed by atoms with Crippen LogP contribution >= 0.6 is 11.3 Å². The Labute approximate surface area is 186 Å². The number of carbonyl (C=O) groups is 1. The molecule has 31 heavy (non-hydrogen) atoms. The Morgan fingerprint density at radius 1 is 1.16 bits per heavy atom. The summed E-state index contributed by atoms with van der Waals surface area (Å²) in [5, 5.41) is 3.93. The van der Waals surface area contributed by atoms with Gasteiger partial charge in [0.15, 0.2) is 0 Å². The van der Waals surface area contributed by atoms with Gasteiger partial charge in [0.2, 0.25) is 5.91 Å². The quantitative estimate of drug-likeness (QED) is 0.613. The Hall–Kier alpha value is -2.28. The summed E-state index contributed by atoms with van der Waals surface area (Å²) in [7, 11) is 0. The molecule has 1 aromatic carbocycles. The highest BCUT2D eigenvalue weighted by Crippen LogP contribution is 2.39. The molecule has 3 heterocycles. The highest BCUT2D eigenvalue weighted by Gasteiger charge is 2.32. The van der Waals surface area contributed by atoms with Crippen LogP contribution in [-0.2, 0) is 4.79 Å². The fourth-order valence-corrected chi connectivity index (χ4v) is 6.42. The first-order valence-electron chi connectivity index (χ1n) is 11.4. The Morgan fingerprint density at radius 3 is 2.77 bits per heavy atom. The van der Waals surface area contributed by atoms with Gasteiger partial charge in [0, 0.05) is 29.7 Å². The van der Waals surface area contributed by atoms with Gasteiger partial charge in [0.1, 0.15) is 18.0 Å². The molecule has 1 N–H and O–H groups in total. The maximum absolute atomic E-state index is 14.4. The van der Waals surface area contributed by atoms with E-state index >= 15 is 0 Å². The molecular weight excluding hydrogens is 411 g/mol. The molecule has 1 saturated heterocycles. The van der Waals surface area contributed by atoms with E-state index in [-0.39, 0.29) is 17.6 Å². The Kier molecular flexibility index (Phi) is 5.54. The van der Waals surface area contributed by atoms with Gasteiger partial charge in [-0.1, -0.05) is 32.8 Å². The molecule has 0 bridgehead atoms. The third-order valence-electron chi connectivity index (χ3n) is 7.41. The van der Waals surface area contributed by atoms with Crippen LogP contribution in [0.4, 0.5) is 10.2 Å². The molecule has 0 spiro atoms. The summed E-state index contributed by atoms with van der Waals surface area (Å²) in [5.74, 6) is 2.10. The molecule has 1 aliphatic heterocycles. The van der Waals surface area contributed by atoms with E-state index in [0.29, 0.717) is 28.8 Å². The number of aromatic nitrogens is 2. The highest BCUT2D eigenvalue weighted by atomic mass is 32.1. The molecule has 164 valence electrons. The lowest BCUT2D eigenvalue weighted by molar-refractivity contribution is -0.127. The van der Waals surface area contributed by atoms with Crippen LogP contribution in [0.5, 0.6) is 0 Å². The molecule has 1 aliphatic carbocycles. The van der Waals surface area contributed by atoms with Crippen molar-refractivity contribution in [2.75, 3.05) is 18.0 Å². The summed E-state index contributed by atoms with van der Waals surface area (Å²) in [5.41, 5.74) is 0.684. The second-order valence-corrected chi connectivity index (χ2v) is 10.3. The highest BCUT2D eigenvalue weighted by molar-refractivity contribution is 7.26. The number of piperidine rings is 1. The zero-order chi connectivity index (χ0) is 21.5.